The van der Waals surface area contributed by atoms with Gasteiger partial charge in [-0.1, -0.05) is 0 Å². The zero-order valence-corrected chi connectivity index (χ0v) is 11.7. The van der Waals surface area contributed by atoms with Crippen molar-refractivity contribution in [2.75, 3.05) is 19.1 Å². The lowest BCUT2D eigenvalue weighted by atomic mass is 10.2. The van der Waals surface area contributed by atoms with Crippen molar-refractivity contribution < 1.29 is 8.42 Å². The lowest BCUT2D eigenvalue weighted by Gasteiger charge is -2.14. The number of hydrogen-bond acceptors (Lipinski definition) is 4. The van der Waals surface area contributed by atoms with Crippen molar-refractivity contribution in [2.24, 2.45) is 0 Å². The monoisotopic (exact) mass is 306 g/mol. The molecule has 6 heteroatoms. The molecule has 0 aliphatic carbocycles. The van der Waals surface area contributed by atoms with Gasteiger partial charge >= 0.3 is 0 Å². The van der Waals surface area contributed by atoms with Gasteiger partial charge in [0.05, 0.1) is 5.75 Å². The summed E-state index contributed by atoms with van der Waals surface area (Å²) in [7, 11) is -1.20. The summed E-state index contributed by atoms with van der Waals surface area (Å²) in [6, 6.07) is 3.69. The number of nitrogens with zero attached hydrogens (tertiary/aromatic N) is 1. The third-order valence-corrected chi connectivity index (χ3v) is 3.63. The fourth-order valence-electron chi connectivity index (χ4n) is 1.39. The van der Waals surface area contributed by atoms with Crippen molar-refractivity contribution in [1.82, 2.24) is 10.3 Å². The number of halogens is 1. The van der Waals surface area contributed by atoms with Gasteiger partial charge in [0.15, 0.2) is 0 Å². The van der Waals surface area contributed by atoms with Crippen LogP contribution in [0.3, 0.4) is 0 Å². The van der Waals surface area contributed by atoms with Crippen molar-refractivity contribution in [3.05, 3.63) is 28.5 Å². The molecule has 0 fully saturated rings. The molecule has 0 aromatic carbocycles. The van der Waals surface area contributed by atoms with E-state index in [1.54, 1.807) is 13.2 Å². The highest BCUT2D eigenvalue weighted by molar-refractivity contribution is 9.10. The Bertz CT molecular complexity index is 431. The average molecular weight is 307 g/mol. The average Bonchev–Trinajstić information content (AvgIpc) is 2.18. The van der Waals surface area contributed by atoms with Crippen LogP contribution in [-0.4, -0.2) is 38.5 Å². The lowest BCUT2D eigenvalue weighted by molar-refractivity contribution is 0.563. The number of sulfone groups is 1. The molecule has 1 aromatic rings. The maximum atomic E-state index is 11.2. The van der Waals surface area contributed by atoms with Gasteiger partial charge in [-0.25, -0.2) is 8.42 Å². The fraction of sp³-hybridized carbons (Fsp3) is 0.500. The first-order valence-electron chi connectivity index (χ1n) is 4.86. The number of hydrogen-bond donors (Lipinski definition) is 1. The minimum Gasteiger partial charge on any atom is -0.316 e. The number of nitrogens with one attached hydrogen (secondary N) is 1. The van der Waals surface area contributed by atoms with Crippen molar-refractivity contribution >= 4 is 25.8 Å². The predicted octanol–water partition coefficient (Wildman–Crippen LogP) is 1.02. The minimum absolute atomic E-state index is 0.0938. The van der Waals surface area contributed by atoms with E-state index in [1.165, 1.54) is 6.26 Å². The van der Waals surface area contributed by atoms with Crippen LogP contribution < -0.4 is 5.32 Å². The van der Waals surface area contributed by atoms with Gasteiger partial charge in [0.2, 0.25) is 0 Å². The van der Waals surface area contributed by atoms with E-state index < -0.39 is 9.84 Å². The SMILES string of the molecule is CNC(Cc1ccc(Br)cn1)CS(C)(=O)=O. The molecule has 0 saturated heterocycles. The van der Waals surface area contributed by atoms with Crippen LogP contribution in [0.4, 0.5) is 0 Å². The summed E-state index contributed by atoms with van der Waals surface area (Å²) in [6.45, 7) is 0. The van der Waals surface area contributed by atoms with Gasteiger partial charge in [-0.2, -0.15) is 0 Å². The molecule has 1 heterocycles. The van der Waals surface area contributed by atoms with E-state index in [-0.39, 0.29) is 11.8 Å². The van der Waals surface area contributed by atoms with E-state index in [1.807, 2.05) is 12.1 Å². The summed E-state index contributed by atoms with van der Waals surface area (Å²) in [6.07, 6.45) is 3.56. The predicted molar refractivity (Wildman–Crippen MR) is 68.2 cm³/mol. The van der Waals surface area contributed by atoms with Crippen molar-refractivity contribution in [3.63, 3.8) is 0 Å². The molecule has 0 amide bonds. The fourth-order valence-corrected chi connectivity index (χ4v) is 2.64. The van der Waals surface area contributed by atoms with Gasteiger partial charge in [0, 0.05) is 35.1 Å². The molecule has 1 rings (SSSR count). The third kappa shape index (κ3) is 5.05. The Balaban J connectivity index is 2.67. The molecule has 90 valence electrons. The van der Waals surface area contributed by atoms with Crippen LogP contribution in [0, 0.1) is 0 Å². The highest BCUT2D eigenvalue weighted by Gasteiger charge is 2.14. The van der Waals surface area contributed by atoms with Gasteiger partial charge in [0.1, 0.15) is 9.84 Å². The second-order valence-electron chi connectivity index (χ2n) is 3.75. The van der Waals surface area contributed by atoms with Crippen LogP contribution in [-0.2, 0) is 16.3 Å². The van der Waals surface area contributed by atoms with Gasteiger partial charge in [-0.15, -0.1) is 0 Å². The highest BCUT2D eigenvalue weighted by atomic mass is 79.9. The molecule has 1 atom stereocenters. The van der Waals surface area contributed by atoms with Crippen molar-refractivity contribution in [1.29, 1.82) is 0 Å². The van der Waals surface area contributed by atoms with Crippen LogP contribution in [0.5, 0.6) is 0 Å². The third-order valence-electron chi connectivity index (χ3n) is 2.16. The van der Waals surface area contributed by atoms with Crippen molar-refractivity contribution in [2.45, 2.75) is 12.5 Å². The zero-order chi connectivity index (χ0) is 12.2. The van der Waals surface area contributed by atoms with E-state index in [4.69, 9.17) is 0 Å². The Morgan fingerprint density at radius 1 is 1.50 bits per heavy atom. The largest absolute Gasteiger partial charge is 0.316 e. The Morgan fingerprint density at radius 3 is 2.62 bits per heavy atom. The van der Waals surface area contributed by atoms with Gasteiger partial charge in [-0.3, -0.25) is 4.98 Å². The molecule has 0 bridgehead atoms. The van der Waals surface area contributed by atoms with Gasteiger partial charge in [0.25, 0.3) is 0 Å². The van der Waals surface area contributed by atoms with Gasteiger partial charge < -0.3 is 5.32 Å². The smallest absolute Gasteiger partial charge is 0.148 e. The normalized spacial score (nSPS) is 13.7. The summed E-state index contributed by atoms with van der Waals surface area (Å²) in [5.74, 6) is 0.126. The quantitative estimate of drug-likeness (QED) is 0.882. The standard InChI is InChI=1S/C10H15BrN2O2S/c1-12-10(7-16(2,14)15)5-9-4-3-8(11)6-13-9/h3-4,6,10,12H,5,7H2,1-2H3. The number of rotatable bonds is 5. The second-order valence-corrected chi connectivity index (χ2v) is 6.85. The van der Waals surface area contributed by atoms with Crippen LogP contribution in [0.1, 0.15) is 5.69 Å². The molecule has 16 heavy (non-hydrogen) atoms. The van der Waals surface area contributed by atoms with E-state index in [9.17, 15) is 8.42 Å². The Labute approximate surface area is 105 Å². The van der Waals surface area contributed by atoms with E-state index in [0.717, 1.165) is 10.2 Å². The summed E-state index contributed by atoms with van der Waals surface area (Å²) in [4.78, 5) is 4.21. The lowest BCUT2D eigenvalue weighted by Crippen LogP contribution is -2.34. The molecule has 0 aliphatic heterocycles. The second kappa shape index (κ2) is 5.75. The van der Waals surface area contributed by atoms with E-state index in [2.05, 4.69) is 26.2 Å². The van der Waals surface area contributed by atoms with Crippen LogP contribution in [0.25, 0.3) is 0 Å². The summed E-state index contributed by atoms with van der Waals surface area (Å²) in [5.41, 5.74) is 0.881. The van der Waals surface area contributed by atoms with Gasteiger partial charge in [-0.05, 0) is 35.1 Å². The molecular weight excluding hydrogens is 292 g/mol. The first kappa shape index (κ1) is 13.6. The van der Waals surface area contributed by atoms with E-state index in [0.29, 0.717) is 6.42 Å². The summed E-state index contributed by atoms with van der Waals surface area (Å²) < 4.78 is 23.3. The maximum absolute atomic E-state index is 11.2. The number of pyridine rings is 1. The highest BCUT2D eigenvalue weighted by Crippen LogP contribution is 2.09. The van der Waals surface area contributed by atoms with Crippen LogP contribution in [0.2, 0.25) is 0 Å². The first-order chi connectivity index (χ1) is 7.40. The molecule has 0 aliphatic rings. The minimum atomic E-state index is -2.96. The number of aromatic nitrogens is 1. The van der Waals surface area contributed by atoms with Crippen LogP contribution in [0.15, 0.2) is 22.8 Å². The van der Waals surface area contributed by atoms with Crippen molar-refractivity contribution in [3.8, 4) is 0 Å². The molecule has 0 saturated carbocycles. The Hall–Kier alpha value is -0.460. The topological polar surface area (TPSA) is 59.1 Å². The van der Waals surface area contributed by atoms with E-state index >= 15 is 0 Å². The summed E-state index contributed by atoms with van der Waals surface area (Å²) in [5, 5.41) is 2.99. The zero-order valence-electron chi connectivity index (χ0n) is 9.27. The molecule has 1 unspecified atom stereocenters. The Morgan fingerprint density at radius 2 is 2.19 bits per heavy atom. The maximum Gasteiger partial charge on any atom is 0.148 e. The number of likely N-dealkylation sites (N-methyl/N-ethyl adjacent to an activating group) is 1. The van der Waals surface area contributed by atoms with Crippen LogP contribution >= 0.6 is 15.9 Å². The molecule has 0 spiro atoms. The summed E-state index contributed by atoms with van der Waals surface area (Å²) >= 11 is 3.30. The molecule has 0 radical (unpaired) electrons. The Kier molecular flexibility index (Phi) is 4.89. The molecular formula is C10H15BrN2O2S. The first-order valence-corrected chi connectivity index (χ1v) is 7.71. The molecule has 1 aromatic heterocycles. The molecule has 1 N–H and O–H groups in total. The molecule has 4 nitrogen and oxygen atoms in total.